The first-order valence-corrected chi connectivity index (χ1v) is 11.6. The number of para-hydroxylation sites is 1. The highest BCUT2D eigenvalue weighted by Crippen LogP contribution is 2.26. The van der Waals surface area contributed by atoms with Crippen molar-refractivity contribution in [2.24, 2.45) is 0 Å². The fourth-order valence-electron chi connectivity index (χ4n) is 3.08. The van der Waals surface area contributed by atoms with Gasteiger partial charge >= 0.3 is 0 Å². The lowest BCUT2D eigenvalue weighted by Crippen LogP contribution is -2.32. The Hall–Kier alpha value is -2.09. The van der Waals surface area contributed by atoms with Gasteiger partial charge in [-0.05, 0) is 43.2 Å². The molecule has 154 valence electrons. The molecule has 3 aromatic rings. The van der Waals surface area contributed by atoms with Crippen molar-refractivity contribution in [3.05, 3.63) is 63.4 Å². The van der Waals surface area contributed by atoms with E-state index in [0.717, 1.165) is 12.0 Å². The molecule has 1 amide bonds. The van der Waals surface area contributed by atoms with Crippen LogP contribution in [0.4, 0.5) is 0 Å². The highest BCUT2D eigenvalue weighted by molar-refractivity contribution is 7.90. The molecule has 1 N–H and O–H groups in total. The summed E-state index contributed by atoms with van der Waals surface area (Å²) in [5, 5.41) is 1.03. The van der Waals surface area contributed by atoms with E-state index in [0.29, 0.717) is 39.9 Å². The summed E-state index contributed by atoms with van der Waals surface area (Å²) in [6.07, 6.45) is 1.21. The maximum atomic E-state index is 12.8. The van der Waals surface area contributed by atoms with E-state index in [2.05, 4.69) is 9.71 Å². The lowest BCUT2D eigenvalue weighted by Gasteiger charge is -2.12. The molecule has 0 radical (unpaired) electrons. The number of fused-ring (bicyclic) bond motifs is 1. The first-order chi connectivity index (χ1) is 13.7. The largest absolute Gasteiger partial charge is 0.323 e. The van der Waals surface area contributed by atoms with E-state index in [1.807, 2.05) is 24.5 Å². The van der Waals surface area contributed by atoms with Gasteiger partial charge in [0.25, 0.3) is 5.91 Å². The lowest BCUT2D eigenvalue weighted by molar-refractivity contribution is 0.0982. The smallest absolute Gasteiger partial charge is 0.266 e. The molecule has 1 heterocycles. The molecule has 1 aromatic heterocycles. The Labute approximate surface area is 179 Å². The van der Waals surface area contributed by atoms with Gasteiger partial charge in [0, 0.05) is 10.0 Å². The standard InChI is InChI=1S/C20H21Cl2N3O3S/c1-3-4-10-29(27,28)24-20(26)16-6-5-7-18-19(16)25(13(2)23-18)12-14-8-9-15(21)11-17(14)22/h5-9,11H,3-4,10,12H2,1-2H3,(H,24,26). The van der Waals surface area contributed by atoms with Crippen LogP contribution in [0.2, 0.25) is 10.0 Å². The molecule has 0 aliphatic rings. The number of nitrogens with one attached hydrogen (secondary N) is 1. The van der Waals surface area contributed by atoms with Crippen LogP contribution < -0.4 is 4.72 Å². The van der Waals surface area contributed by atoms with E-state index in [1.165, 1.54) is 0 Å². The van der Waals surface area contributed by atoms with Gasteiger partial charge < -0.3 is 4.57 Å². The topological polar surface area (TPSA) is 81.1 Å². The minimum atomic E-state index is -3.70. The summed E-state index contributed by atoms with van der Waals surface area (Å²) in [5.41, 5.74) is 2.21. The number of aryl methyl sites for hydroxylation is 1. The number of aromatic nitrogens is 2. The second kappa shape index (κ2) is 8.73. The zero-order valence-electron chi connectivity index (χ0n) is 16.1. The van der Waals surface area contributed by atoms with Crippen LogP contribution in [0.5, 0.6) is 0 Å². The van der Waals surface area contributed by atoms with Crippen LogP contribution in [0.25, 0.3) is 11.0 Å². The van der Waals surface area contributed by atoms with Gasteiger partial charge in [-0.25, -0.2) is 18.1 Å². The Morgan fingerprint density at radius 1 is 1.21 bits per heavy atom. The highest BCUT2D eigenvalue weighted by Gasteiger charge is 2.21. The summed E-state index contributed by atoms with van der Waals surface area (Å²) in [6.45, 7) is 4.08. The summed E-state index contributed by atoms with van der Waals surface area (Å²) in [6, 6.07) is 10.3. The van der Waals surface area contributed by atoms with Crippen LogP contribution in [0.3, 0.4) is 0 Å². The Morgan fingerprint density at radius 3 is 2.66 bits per heavy atom. The number of halogens is 2. The van der Waals surface area contributed by atoms with Crippen LogP contribution in [0.1, 0.15) is 41.5 Å². The fraction of sp³-hybridized carbons (Fsp3) is 0.300. The zero-order valence-corrected chi connectivity index (χ0v) is 18.4. The van der Waals surface area contributed by atoms with E-state index >= 15 is 0 Å². The Bertz CT molecular complexity index is 1170. The lowest BCUT2D eigenvalue weighted by atomic mass is 10.1. The molecule has 0 atom stereocenters. The fourth-order valence-corrected chi connectivity index (χ4v) is 4.71. The molecule has 0 saturated carbocycles. The molecule has 6 nitrogen and oxygen atoms in total. The van der Waals surface area contributed by atoms with Gasteiger partial charge in [0.15, 0.2) is 0 Å². The number of imidazole rings is 1. The molecule has 0 aliphatic heterocycles. The van der Waals surface area contributed by atoms with Gasteiger partial charge in [-0.1, -0.05) is 48.7 Å². The van der Waals surface area contributed by atoms with Gasteiger partial charge in [0.2, 0.25) is 10.0 Å². The Morgan fingerprint density at radius 2 is 1.97 bits per heavy atom. The number of amides is 1. The molecule has 0 saturated heterocycles. The summed E-state index contributed by atoms with van der Waals surface area (Å²) in [5.74, 6) is -0.0840. The van der Waals surface area contributed by atoms with Crippen molar-refractivity contribution < 1.29 is 13.2 Å². The second-order valence-corrected chi connectivity index (χ2v) is 9.44. The molecule has 29 heavy (non-hydrogen) atoms. The molecule has 0 unspecified atom stereocenters. The number of rotatable bonds is 7. The average molecular weight is 454 g/mol. The van der Waals surface area contributed by atoms with Crippen molar-refractivity contribution in [3.63, 3.8) is 0 Å². The van der Waals surface area contributed by atoms with Crippen molar-refractivity contribution >= 4 is 50.2 Å². The van der Waals surface area contributed by atoms with Crippen LogP contribution in [-0.4, -0.2) is 29.6 Å². The minimum absolute atomic E-state index is 0.0934. The van der Waals surface area contributed by atoms with Crippen LogP contribution in [0, 0.1) is 6.92 Å². The summed E-state index contributed by atoms with van der Waals surface area (Å²) in [7, 11) is -3.70. The number of carbonyl (C=O) groups excluding carboxylic acids is 1. The SMILES string of the molecule is CCCCS(=O)(=O)NC(=O)c1cccc2nc(C)n(Cc3ccc(Cl)cc3Cl)c12. The molecule has 0 aliphatic carbocycles. The molecule has 9 heteroatoms. The Kier molecular flexibility index (Phi) is 6.51. The van der Waals surface area contributed by atoms with Crippen LogP contribution in [-0.2, 0) is 16.6 Å². The first-order valence-electron chi connectivity index (χ1n) is 9.16. The van der Waals surface area contributed by atoms with E-state index < -0.39 is 15.9 Å². The van der Waals surface area contributed by atoms with Crippen LogP contribution >= 0.6 is 23.2 Å². The third-order valence-electron chi connectivity index (χ3n) is 4.56. The van der Waals surface area contributed by atoms with Crippen molar-refractivity contribution in [3.8, 4) is 0 Å². The molecular formula is C20H21Cl2N3O3S. The van der Waals surface area contributed by atoms with Crippen molar-refractivity contribution in [2.75, 3.05) is 5.75 Å². The normalized spacial score (nSPS) is 11.7. The maximum Gasteiger partial charge on any atom is 0.266 e. The maximum absolute atomic E-state index is 12.8. The predicted octanol–water partition coefficient (Wildman–Crippen LogP) is 4.56. The molecular weight excluding hydrogens is 433 g/mol. The van der Waals surface area contributed by atoms with E-state index in [4.69, 9.17) is 23.2 Å². The number of sulfonamides is 1. The summed E-state index contributed by atoms with van der Waals surface area (Å²) < 4.78 is 28.4. The van der Waals surface area contributed by atoms with Gasteiger partial charge in [-0.3, -0.25) is 4.79 Å². The second-order valence-electron chi connectivity index (χ2n) is 6.76. The first kappa shape index (κ1) is 21.6. The monoisotopic (exact) mass is 453 g/mol. The molecule has 0 bridgehead atoms. The van der Waals surface area contributed by atoms with Gasteiger partial charge in [0.05, 0.1) is 28.9 Å². The van der Waals surface area contributed by atoms with Crippen molar-refractivity contribution in [1.82, 2.24) is 14.3 Å². The minimum Gasteiger partial charge on any atom is -0.323 e. The Balaban J connectivity index is 2.02. The number of carbonyl (C=O) groups is 1. The van der Waals surface area contributed by atoms with Gasteiger partial charge in [0.1, 0.15) is 5.82 Å². The van der Waals surface area contributed by atoms with E-state index in [9.17, 15) is 13.2 Å². The number of hydrogen-bond donors (Lipinski definition) is 1. The molecule has 0 fully saturated rings. The van der Waals surface area contributed by atoms with Gasteiger partial charge in [-0.2, -0.15) is 0 Å². The zero-order chi connectivity index (χ0) is 21.2. The van der Waals surface area contributed by atoms with Crippen molar-refractivity contribution in [1.29, 1.82) is 0 Å². The number of hydrogen-bond acceptors (Lipinski definition) is 4. The van der Waals surface area contributed by atoms with Crippen molar-refractivity contribution in [2.45, 2.75) is 33.2 Å². The quantitative estimate of drug-likeness (QED) is 0.568. The summed E-state index contributed by atoms with van der Waals surface area (Å²) in [4.78, 5) is 17.3. The number of nitrogens with zero attached hydrogens (tertiary/aromatic N) is 2. The molecule has 2 aromatic carbocycles. The highest BCUT2D eigenvalue weighted by atomic mass is 35.5. The van der Waals surface area contributed by atoms with E-state index in [1.54, 1.807) is 30.3 Å². The van der Waals surface area contributed by atoms with E-state index in [-0.39, 0.29) is 11.3 Å². The predicted molar refractivity (Wildman–Crippen MR) is 116 cm³/mol. The molecule has 0 spiro atoms. The average Bonchev–Trinajstić information content (AvgIpc) is 2.97. The number of benzene rings is 2. The third-order valence-corrected chi connectivity index (χ3v) is 6.47. The number of unbranched alkanes of at least 4 members (excludes halogenated alkanes) is 1. The summed E-state index contributed by atoms with van der Waals surface area (Å²) >= 11 is 12.3. The van der Waals surface area contributed by atoms with Gasteiger partial charge in [-0.15, -0.1) is 0 Å². The van der Waals surface area contributed by atoms with Crippen LogP contribution in [0.15, 0.2) is 36.4 Å². The third kappa shape index (κ3) is 4.91. The molecule has 3 rings (SSSR count).